The number of fused-ring (bicyclic) bond motifs is 2. The smallest absolute Gasteiger partial charge is 0.240 e. The summed E-state index contributed by atoms with van der Waals surface area (Å²) < 4.78 is 1.83. The Morgan fingerprint density at radius 2 is 1.79 bits per heavy atom. The number of phenolic OH excluding ortho intramolecular Hbond substituents is 1. The second kappa shape index (κ2) is 9.23. The number of carbonyl (C=O) groups excluding carboxylic acids is 2. The molecule has 2 aromatic heterocycles. The van der Waals surface area contributed by atoms with Gasteiger partial charge in [0, 0.05) is 29.3 Å². The number of rotatable bonds is 6. The van der Waals surface area contributed by atoms with Gasteiger partial charge < -0.3 is 10.8 Å². The lowest BCUT2D eigenvalue weighted by atomic mass is 9.76. The number of hydrogen-bond acceptors (Lipinski definition) is 6. The molecule has 0 saturated carbocycles. The Kier molecular flexibility index (Phi) is 5.83. The van der Waals surface area contributed by atoms with Crippen LogP contribution in [0.25, 0.3) is 33.2 Å². The van der Waals surface area contributed by atoms with Gasteiger partial charge >= 0.3 is 0 Å². The molecule has 1 aliphatic heterocycles. The number of hydrogen-bond donors (Lipinski definition) is 2. The molecule has 1 aliphatic carbocycles. The first-order chi connectivity index (χ1) is 18.8. The van der Waals surface area contributed by atoms with Crippen LogP contribution in [0.3, 0.4) is 0 Å². The molecule has 1 saturated heterocycles. The van der Waals surface area contributed by atoms with Crippen LogP contribution in [0.2, 0.25) is 0 Å². The van der Waals surface area contributed by atoms with Crippen LogP contribution in [-0.2, 0) is 22.6 Å². The van der Waals surface area contributed by atoms with Crippen LogP contribution in [0.1, 0.15) is 19.4 Å². The van der Waals surface area contributed by atoms with Crippen molar-refractivity contribution in [1.82, 2.24) is 19.7 Å². The fraction of sp³-hybridized carbons (Fsp3) is 0.226. The van der Waals surface area contributed by atoms with Crippen molar-refractivity contribution in [2.45, 2.75) is 26.8 Å². The first kappa shape index (κ1) is 24.6. The lowest BCUT2D eigenvalue weighted by molar-refractivity contribution is -0.140. The van der Waals surface area contributed by atoms with Crippen molar-refractivity contribution in [2.24, 2.45) is 11.3 Å². The summed E-state index contributed by atoms with van der Waals surface area (Å²) in [6.07, 6.45) is 11.7. The summed E-state index contributed by atoms with van der Waals surface area (Å²) in [6.45, 7) is 4.58. The van der Waals surface area contributed by atoms with E-state index in [9.17, 15) is 14.7 Å². The molecule has 39 heavy (non-hydrogen) atoms. The standard InChI is InChI=1S/C31H29N5O3/c1-3-23-24(18-33-28(32)27(23)19-7-10-22(37)11-8-19)20-9-12-26-21(16-20)17-34-36(26)15-14-35-29(38)25-6-4-5-13-31(25,2)30(35)39/h4-13,16-18,25,37H,3,14-15H2,1-2H3,(H2,32,33). The number of anilines is 1. The second-order valence-corrected chi connectivity index (χ2v) is 10.3. The SMILES string of the molecule is CCc1c(-c2ccc3c(cnn3CCN3C(=O)C4C=CC=CC4(C)C3=O)c2)cnc(N)c1-c1ccc(O)cc1. The average molecular weight is 520 g/mol. The molecule has 0 radical (unpaired) electrons. The molecular formula is C31H29N5O3. The topological polar surface area (TPSA) is 114 Å². The average Bonchev–Trinajstić information content (AvgIpc) is 3.43. The summed E-state index contributed by atoms with van der Waals surface area (Å²) in [5.74, 6) is -0.124. The third-order valence-electron chi connectivity index (χ3n) is 7.95. The Hall–Kier alpha value is -4.72. The molecule has 2 aromatic carbocycles. The quantitative estimate of drug-likeness (QED) is 0.356. The van der Waals surface area contributed by atoms with Gasteiger partial charge in [-0.2, -0.15) is 5.10 Å². The van der Waals surface area contributed by atoms with Gasteiger partial charge in [-0.3, -0.25) is 19.2 Å². The number of nitrogen functional groups attached to an aromatic ring is 1. The molecule has 0 spiro atoms. The molecule has 3 heterocycles. The van der Waals surface area contributed by atoms with Crippen LogP contribution in [-0.4, -0.2) is 43.1 Å². The molecule has 2 atom stereocenters. The number of imide groups is 1. The number of nitrogens with zero attached hydrogens (tertiary/aromatic N) is 4. The van der Waals surface area contributed by atoms with Crippen molar-refractivity contribution >= 4 is 28.5 Å². The monoisotopic (exact) mass is 519 g/mol. The highest BCUT2D eigenvalue weighted by molar-refractivity contribution is 6.09. The summed E-state index contributed by atoms with van der Waals surface area (Å²) in [5.41, 5.74) is 11.2. The van der Waals surface area contributed by atoms with Gasteiger partial charge in [0.05, 0.1) is 29.6 Å². The minimum Gasteiger partial charge on any atom is -0.508 e. The number of phenols is 1. The fourth-order valence-corrected chi connectivity index (χ4v) is 5.81. The molecule has 8 heteroatoms. The molecule has 4 aromatic rings. The molecule has 196 valence electrons. The van der Waals surface area contributed by atoms with Crippen LogP contribution in [0, 0.1) is 11.3 Å². The third-order valence-corrected chi connectivity index (χ3v) is 7.95. The van der Waals surface area contributed by atoms with E-state index in [1.54, 1.807) is 24.5 Å². The molecule has 6 rings (SSSR count). The highest BCUT2D eigenvalue weighted by Crippen LogP contribution is 2.42. The van der Waals surface area contributed by atoms with Crippen LogP contribution in [0.4, 0.5) is 5.82 Å². The summed E-state index contributed by atoms with van der Waals surface area (Å²) >= 11 is 0. The number of aromatic hydroxyl groups is 1. The Morgan fingerprint density at radius 1 is 1.03 bits per heavy atom. The van der Waals surface area contributed by atoms with Crippen molar-refractivity contribution in [2.75, 3.05) is 12.3 Å². The van der Waals surface area contributed by atoms with Crippen molar-refractivity contribution in [3.63, 3.8) is 0 Å². The Labute approximate surface area is 226 Å². The van der Waals surface area contributed by atoms with E-state index in [2.05, 4.69) is 23.1 Å². The predicted molar refractivity (Wildman–Crippen MR) is 150 cm³/mol. The van der Waals surface area contributed by atoms with E-state index in [1.165, 1.54) is 4.90 Å². The van der Waals surface area contributed by atoms with Crippen molar-refractivity contribution < 1.29 is 14.7 Å². The van der Waals surface area contributed by atoms with Crippen LogP contribution < -0.4 is 5.73 Å². The Balaban J connectivity index is 1.29. The normalized spacial score (nSPS) is 20.3. The maximum atomic E-state index is 13.1. The Morgan fingerprint density at radius 3 is 2.54 bits per heavy atom. The van der Waals surface area contributed by atoms with E-state index < -0.39 is 11.3 Å². The third kappa shape index (κ3) is 3.91. The van der Waals surface area contributed by atoms with Gasteiger partial charge in [0.2, 0.25) is 11.8 Å². The van der Waals surface area contributed by atoms with Crippen LogP contribution >= 0.6 is 0 Å². The van der Waals surface area contributed by atoms with Gasteiger partial charge in [-0.15, -0.1) is 0 Å². The fourth-order valence-electron chi connectivity index (χ4n) is 5.81. The second-order valence-electron chi connectivity index (χ2n) is 10.3. The van der Waals surface area contributed by atoms with E-state index >= 15 is 0 Å². The number of allylic oxidation sites excluding steroid dienone is 2. The maximum absolute atomic E-state index is 13.1. The number of aromatic nitrogens is 3. The molecule has 8 nitrogen and oxygen atoms in total. The zero-order valence-electron chi connectivity index (χ0n) is 21.8. The number of nitrogens with two attached hydrogens (primary N) is 1. The van der Waals surface area contributed by atoms with E-state index in [0.717, 1.165) is 45.1 Å². The van der Waals surface area contributed by atoms with E-state index in [4.69, 9.17) is 5.73 Å². The number of carbonyl (C=O) groups is 2. The van der Waals surface area contributed by atoms with E-state index in [0.29, 0.717) is 12.4 Å². The Bertz CT molecular complexity index is 1680. The summed E-state index contributed by atoms with van der Waals surface area (Å²) in [4.78, 5) is 31.9. The number of likely N-dealkylation sites (tertiary alicyclic amines) is 1. The van der Waals surface area contributed by atoms with Gasteiger partial charge in [0.1, 0.15) is 11.6 Å². The van der Waals surface area contributed by atoms with E-state index in [1.807, 2.05) is 60.2 Å². The van der Waals surface area contributed by atoms with Crippen LogP contribution in [0.15, 0.2) is 79.2 Å². The van der Waals surface area contributed by atoms with Crippen LogP contribution in [0.5, 0.6) is 5.75 Å². The molecular weight excluding hydrogens is 490 g/mol. The van der Waals surface area contributed by atoms with E-state index in [-0.39, 0.29) is 24.1 Å². The van der Waals surface area contributed by atoms with Crippen molar-refractivity contribution in [3.05, 3.63) is 84.7 Å². The zero-order valence-corrected chi connectivity index (χ0v) is 21.8. The number of amides is 2. The van der Waals surface area contributed by atoms with Gasteiger partial charge in [0.15, 0.2) is 0 Å². The molecule has 2 amide bonds. The number of benzene rings is 2. The molecule has 1 fully saturated rings. The summed E-state index contributed by atoms with van der Waals surface area (Å²) in [6, 6.07) is 13.1. The van der Waals surface area contributed by atoms with Gasteiger partial charge in [-0.25, -0.2) is 4.98 Å². The minimum atomic E-state index is -0.810. The molecule has 2 unspecified atom stereocenters. The maximum Gasteiger partial charge on any atom is 0.240 e. The largest absolute Gasteiger partial charge is 0.508 e. The molecule has 3 N–H and O–H groups in total. The van der Waals surface area contributed by atoms with Gasteiger partial charge in [0.25, 0.3) is 0 Å². The zero-order chi connectivity index (χ0) is 27.3. The predicted octanol–water partition coefficient (Wildman–Crippen LogP) is 4.73. The highest BCUT2D eigenvalue weighted by atomic mass is 16.3. The summed E-state index contributed by atoms with van der Waals surface area (Å²) in [5, 5.41) is 15.2. The highest BCUT2D eigenvalue weighted by Gasteiger charge is 2.54. The lowest BCUT2D eigenvalue weighted by Crippen LogP contribution is -2.36. The first-order valence-electron chi connectivity index (χ1n) is 13.1. The van der Waals surface area contributed by atoms with Gasteiger partial charge in [-0.05, 0) is 54.3 Å². The van der Waals surface area contributed by atoms with Crippen molar-refractivity contribution in [1.29, 1.82) is 0 Å². The molecule has 2 aliphatic rings. The summed E-state index contributed by atoms with van der Waals surface area (Å²) in [7, 11) is 0. The lowest BCUT2D eigenvalue weighted by Gasteiger charge is -2.23. The molecule has 0 bridgehead atoms. The minimum absolute atomic E-state index is 0.158. The van der Waals surface area contributed by atoms with Gasteiger partial charge in [-0.1, -0.05) is 49.4 Å². The number of pyridine rings is 1. The van der Waals surface area contributed by atoms with Crippen molar-refractivity contribution in [3.8, 4) is 28.0 Å². The first-order valence-corrected chi connectivity index (χ1v) is 13.1.